The summed E-state index contributed by atoms with van der Waals surface area (Å²) in [6.07, 6.45) is 3.92. The van der Waals surface area contributed by atoms with Crippen molar-refractivity contribution in [1.82, 2.24) is 14.5 Å². The van der Waals surface area contributed by atoms with Gasteiger partial charge in [-0.15, -0.1) is 0 Å². The van der Waals surface area contributed by atoms with Gasteiger partial charge in [0.25, 0.3) is 5.56 Å². The first kappa shape index (κ1) is 15.2. The van der Waals surface area contributed by atoms with Crippen LogP contribution in [0.2, 0.25) is 0 Å². The van der Waals surface area contributed by atoms with E-state index in [4.69, 9.17) is 4.74 Å². The minimum Gasteiger partial charge on any atom is -0.493 e. The van der Waals surface area contributed by atoms with E-state index in [0.29, 0.717) is 24.2 Å². The molecule has 2 heterocycles. The summed E-state index contributed by atoms with van der Waals surface area (Å²) in [4.78, 5) is 20.6. The van der Waals surface area contributed by atoms with E-state index in [2.05, 4.69) is 22.1 Å². The van der Waals surface area contributed by atoms with Gasteiger partial charge in [-0.1, -0.05) is 12.1 Å². The van der Waals surface area contributed by atoms with Crippen molar-refractivity contribution in [3.05, 3.63) is 64.3 Å². The number of pyridine rings is 1. The van der Waals surface area contributed by atoms with Crippen LogP contribution in [0.25, 0.3) is 11.0 Å². The molecule has 1 aromatic carbocycles. The molecule has 118 valence electrons. The Hall–Kier alpha value is -2.69. The van der Waals surface area contributed by atoms with Gasteiger partial charge in [-0.05, 0) is 49.6 Å². The smallest absolute Gasteiger partial charge is 0.262 e. The van der Waals surface area contributed by atoms with E-state index in [1.54, 1.807) is 29.2 Å². The van der Waals surface area contributed by atoms with Gasteiger partial charge in [-0.3, -0.25) is 9.36 Å². The second-order valence-electron chi connectivity index (χ2n) is 5.59. The Morgan fingerprint density at radius 1 is 1.17 bits per heavy atom. The lowest BCUT2D eigenvalue weighted by atomic mass is 10.1. The number of hydrogen-bond acceptors (Lipinski definition) is 4. The highest BCUT2D eigenvalue weighted by Gasteiger charge is 2.04. The van der Waals surface area contributed by atoms with Crippen LogP contribution in [0.4, 0.5) is 0 Å². The van der Waals surface area contributed by atoms with Gasteiger partial charge in [0.05, 0.1) is 18.3 Å². The van der Waals surface area contributed by atoms with Crippen LogP contribution >= 0.6 is 0 Å². The minimum atomic E-state index is -0.0603. The van der Waals surface area contributed by atoms with E-state index in [1.807, 2.05) is 19.9 Å². The van der Waals surface area contributed by atoms with Crippen LogP contribution in [0.1, 0.15) is 17.5 Å². The van der Waals surface area contributed by atoms with Crippen LogP contribution in [-0.2, 0) is 6.54 Å². The maximum Gasteiger partial charge on any atom is 0.262 e. The number of rotatable bonds is 5. The molecule has 0 saturated carbocycles. The fraction of sp³-hybridized carbons (Fsp3) is 0.278. The van der Waals surface area contributed by atoms with Crippen molar-refractivity contribution in [2.24, 2.45) is 0 Å². The van der Waals surface area contributed by atoms with Crippen LogP contribution < -0.4 is 10.3 Å². The predicted octanol–water partition coefficient (Wildman–Crippen LogP) is 2.88. The van der Waals surface area contributed by atoms with Crippen molar-refractivity contribution in [1.29, 1.82) is 0 Å². The highest BCUT2D eigenvalue weighted by Crippen LogP contribution is 2.19. The predicted molar refractivity (Wildman–Crippen MR) is 89.8 cm³/mol. The first-order valence-electron chi connectivity index (χ1n) is 7.65. The Kier molecular flexibility index (Phi) is 4.37. The third-order valence-electron chi connectivity index (χ3n) is 3.74. The lowest BCUT2D eigenvalue weighted by molar-refractivity contribution is 0.299. The molecule has 5 heteroatoms. The third-order valence-corrected chi connectivity index (χ3v) is 3.74. The van der Waals surface area contributed by atoms with E-state index in [1.165, 1.54) is 5.56 Å². The van der Waals surface area contributed by atoms with Gasteiger partial charge in [0.1, 0.15) is 5.75 Å². The van der Waals surface area contributed by atoms with Gasteiger partial charge in [0, 0.05) is 12.7 Å². The van der Waals surface area contributed by atoms with Crippen molar-refractivity contribution >= 4 is 11.0 Å². The van der Waals surface area contributed by atoms with Gasteiger partial charge in [-0.25, -0.2) is 9.97 Å². The number of ether oxygens (including phenoxy) is 1. The summed E-state index contributed by atoms with van der Waals surface area (Å²) in [5.74, 6) is 0.901. The molecule has 5 nitrogen and oxygen atoms in total. The Morgan fingerprint density at radius 3 is 2.91 bits per heavy atom. The fourth-order valence-corrected chi connectivity index (χ4v) is 2.44. The maximum absolute atomic E-state index is 12.3. The van der Waals surface area contributed by atoms with Crippen LogP contribution in [0.5, 0.6) is 5.75 Å². The van der Waals surface area contributed by atoms with E-state index in [-0.39, 0.29) is 5.56 Å². The number of fused-ring (bicyclic) bond motifs is 1. The van der Waals surface area contributed by atoms with E-state index >= 15 is 0 Å². The SMILES string of the molecule is Cc1ccc(C)c(OCCCn2cnc3ncccc3c2=O)c1. The summed E-state index contributed by atoms with van der Waals surface area (Å²) < 4.78 is 7.43. The molecular weight excluding hydrogens is 290 g/mol. The molecule has 0 bridgehead atoms. The lowest BCUT2D eigenvalue weighted by Gasteiger charge is -2.10. The summed E-state index contributed by atoms with van der Waals surface area (Å²) in [7, 11) is 0. The van der Waals surface area contributed by atoms with Crippen LogP contribution in [-0.4, -0.2) is 21.1 Å². The second kappa shape index (κ2) is 6.60. The van der Waals surface area contributed by atoms with Gasteiger partial charge in [0.15, 0.2) is 5.65 Å². The van der Waals surface area contributed by atoms with Gasteiger partial charge < -0.3 is 4.74 Å². The van der Waals surface area contributed by atoms with Gasteiger partial charge >= 0.3 is 0 Å². The normalized spacial score (nSPS) is 10.9. The summed E-state index contributed by atoms with van der Waals surface area (Å²) in [6, 6.07) is 9.65. The molecule has 0 N–H and O–H groups in total. The minimum absolute atomic E-state index is 0.0603. The number of aryl methyl sites for hydroxylation is 3. The second-order valence-corrected chi connectivity index (χ2v) is 5.59. The quantitative estimate of drug-likeness (QED) is 0.680. The highest BCUT2D eigenvalue weighted by molar-refractivity contribution is 5.72. The first-order valence-corrected chi connectivity index (χ1v) is 7.65. The Balaban J connectivity index is 1.64. The van der Waals surface area contributed by atoms with Crippen LogP contribution in [0.15, 0.2) is 47.7 Å². The first-order chi connectivity index (χ1) is 11.1. The van der Waals surface area contributed by atoms with Crippen molar-refractivity contribution < 1.29 is 4.74 Å². The van der Waals surface area contributed by atoms with Crippen LogP contribution in [0, 0.1) is 13.8 Å². The Bertz CT molecular complexity index is 887. The standard InChI is InChI=1S/C18H19N3O2/c1-13-6-7-14(2)16(11-13)23-10-4-9-21-12-20-17-15(18(21)22)5-3-8-19-17/h3,5-8,11-12H,4,9-10H2,1-2H3. The molecule has 0 aliphatic rings. The molecule has 0 atom stereocenters. The van der Waals surface area contributed by atoms with Crippen molar-refractivity contribution in [3.8, 4) is 5.75 Å². The molecule has 0 fully saturated rings. The molecule has 0 spiro atoms. The zero-order valence-electron chi connectivity index (χ0n) is 13.3. The Morgan fingerprint density at radius 2 is 2.04 bits per heavy atom. The van der Waals surface area contributed by atoms with Crippen molar-refractivity contribution in [2.75, 3.05) is 6.61 Å². The van der Waals surface area contributed by atoms with E-state index in [0.717, 1.165) is 17.7 Å². The molecule has 0 aliphatic carbocycles. The van der Waals surface area contributed by atoms with E-state index < -0.39 is 0 Å². The molecule has 23 heavy (non-hydrogen) atoms. The van der Waals surface area contributed by atoms with Gasteiger partial charge in [-0.2, -0.15) is 0 Å². The van der Waals surface area contributed by atoms with Crippen molar-refractivity contribution in [3.63, 3.8) is 0 Å². The monoisotopic (exact) mass is 309 g/mol. The van der Waals surface area contributed by atoms with Crippen molar-refractivity contribution in [2.45, 2.75) is 26.8 Å². The summed E-state index contributed by atoms with van der Waals surface area (Å²) in [5, 5.41) is 0.547. The average molecular weight is 309 g/mol. The number of hydrogen-bond donors (Lipinski definition) is 0. The molecule has 0 unspecified atom stereocenters. The summed E-state index contributed by atoms with van der Waals surface area (Å²) in [5.41, 5.74) is 2.72. The third kappa shape index (κ3) is 3.39. The van der Waals surface area contributed by atoms with Gasteiger partial charge in [0.2, 0.25) is 0 Å². The number of benzene rings is 1. The summed E-state index contributed by atoms with van der Waals surface area (Å²) >= 11 is 0. The fourth-order valence-electron chi connectivity index (χ4n) is 2.44. The highest BCUT2D eigenvalue weighted by atomic mass is 16.5. The molecule has 0 amide bonds. The topological polar surface area (TPSA) is 57.0 Å². The molecular formula is C18H19N3O2. The average Bonchev–Trinajstić information content (AvgIpc) is 2.56. The van der Waals surface area contributed by atoms with Crippen LogP contribution in [0.3, 0.4) is 0 Å². The molecule has 0 saturated heterocycles. The molecule has 3 aromatic rings. The number of nitrogens with zero attached hydrogens (tertiary/aromatic N) is 3. The largest absolute Gasteiger partial charge is 0.493 e. The summed E-state index contributed by atoms with van der Waals surface area (Å²) in [6.45, 7) is 5.20. The molecule has 0 radical (unpaired) electrons. The maximum atomic E-state index is 12.3. The zero-order chi connectivity index (χ0) is 16.2. The molecule has 0 aliphatic heterocycles. The van der Waals surface area contributed by atoms with E-state index in [9.17, 15) is 4.79 Å². The zero-order valence-corrected chi connectivity index (χ0v) is 13.3. The lowest BCUT2D eigenvalue weighted by Crippen LogP contribution is -2.21. The molecule has 2 aromatic heterocycles. The number of aromatic nitrogens is 3. The Labute approximate surface area is 134 Å². The molecule has 3 rings (SSSR count).